The van der Waals surface area contributed by atoms with Crippen molar-refractivity contribution >= 4 is 6.09 Å². The lowest BCUT2D eigenvalue weighted by molar-refractivity contribution is -0.317. The minimum Gasteiger partial charge on any atom is -0.449 e. The average molecular weight is 1370 g/mol. The molecule has 20 atom stereocenters. The third-order valence-electron chi connectivity index (χ3n) is 18.5. The summed E-state index contributed by atoms with van der Waals surface area (Å²) in [7, 11) is 0. The van der Waals surface area contributed by atoms with E-state index >= 15 is 0 Å². The van der Waals surface area contributed by atoms with Crippen LogP contribution in [0.15, 0.2) is 99.3 Å². The van der Waals surface area contributed by atoms with E-state index in [0.29, 0.717) is 51.7 Å². The molecule has 1 amide bonds. The van der Waals surface area contributed by atoms with Crippen molar-refractivity contribution in [1.29, 1.82) is 0 Å². The zero-order valence-corrected chi connectivity index (χ0v) is 57.5. The van der Waals surface area contributed by atoms with E-state index in [0.717, 1.165) is 66.3 Å². The van der Waals surface area contributed by atoms with E-state index in [1.54, 1.807) is 0 Å². The van der Waals surface area contributed by atoms with Crippen molar-refractivity contribution in [3.05, 3.63) is 137 Å². The Morgan fingerprint density at radius 2 is 1.02 bits per heavy atom. The number of aliphatic hydroxyl groups excluding tert-OH is 1. The minimum atomic E-state index is -1.55. The van der Waals surface area contributed by atoms with Gasteiger partial charge < -0.3 is 77.7 Å². The van der Waals surface area contributed by atoms with Crippen LogP contribution in [0, 0.1) is 0 Å². The van der Waals surface area contributed by atoms with Gasteiger partial charge in [0.1, 0.15) is 61.5 Å². The van der Waals surface area contributed by atoms with Gasteiger partial charge >= 0.3 is 6.09 Å². The number of azide groups is 4. The molecule has 98 heavy (non-hydrogen) atoms. The molecule has 3 aromatic carbocycles. The molecule has 0 aromatic heterocycles. The largest absolute Gasteiger partial charge is 0.449 e. The first kappa shape index (κ1) is 77.3. The maximum atomic E-state index is 14.1. The molecule has 4 N–H and O–H groups in total. The van der Waals surface area contributed by atoms with Crippen LogP contribution in [-0.4, -0.2) is 193 Å². The summed E-state index contributed by atoms with van der Waals surface area (Å²) in [5.74, 6) is -0.220. The van der Waals surface area contributed by atoms with Crippen LogP contribution in [0.1, 0.15) is 148 Å². The zero-order valence-electron chi connectivity index (χ0n) is 57.5. The Bertz CT molecular complexity index is 3030. The van der Waals surface area contributed by atoms with Gasteiger partial charge in [0.15, 0.2) is 18.9 Å². The number of hydrogen-bond acceptors (Lipinski definition) is 20. The molecule has 3 heterocycles. The van der Waals surface area contributed by atoms with E-state index in [2.05, 4.69) is 57.6 Å². The van der Waals surface area contributed by atoms with E-state index < -0.39 is 128 Å². The number of fused-ring (bicyclic) bond motifs is 3. The normalized spacial score (nSPS) is 30.0. The summed E-state index contributed by atoms with van der Waals surface area (Å²) in [5.41, 5.74) is 53.1. The smallest absolute Gasteiger partial charge is 0.407 e. The van der Waals surface area contributed by atoms with Gasteiger partial charge in [0.05, 0.1) is 55.2 Å². The van der Waals surface area contributed by atoms with E-state index in [4.69, 9.17) is 67.3 Å². The van der Waals surface area contributed by atoms with Crippen LogP contribution in [0.2, 0.25) is 0 Å². The van der Waals surface area contributed by atoms with Crippen LogP contribution in [0.3, 0.4) is 0 Å². The van der Waals surface area contributed by atoms with Crippen LogP contribution in [0.4, 0.5) is 4.79 Å². The van der Waals surface area contributed by atoms with E-state index in [-0.39, 0.29) is 64.9 Å². The van der Waals surface area contributed by atoms with E-state index in [9.17, 15) is 32.0 Å². The molecule has 29 nitrogen and oxygen atoms in total. The number of nitrogens with two attached hydrogens (primary N) is 1. The van der Waals surface area contributed by atoms with Crippen molar-refractivity contribution in [1.82, 2.24) is 5.32 Å². The van der Waals surface area contributed by atoms with Gasteiger partial charge in [-0.2, -0.15) is 0 Å². The number of rotatable bonds is 42. The first-order valence-corrected chi connectivity index (χ1v) is 35.3. The number of ether oxygens (including phenoxy) is 13. The SMILES string of the molecule is CCCCOC1C(N=[N+]=[N-])CC(N=[N+]=[N-])C(OC2OC(CNC(=O)OCC3c4ccccc4-c4ccccc43)C(OCCCC)C(OCCCC)C2N=[N+]=[N-])C1OC1OC(C(O)Cc2ccccc2)C(OC2OC(CN=[N+]=[N-])C(OCCCC)C(OCCCC)C2N)C1OCCCC. The molecule has 3 aliphatic heterocycles. The zero-order chi connectivity index (χ0) is 69.6. The topological polar surface area (TPSA) is 390 Å². The second-order valence-electron chi connectivity index (χ2n) is 25.4. The average Bonchev–Trinajstić information content (AvgIpc) is 1.44. The highest BCUT2D eigenvalue weighted by atomic mass is 16.8. The van der Waals surface area contributed by atoms with E-state index in [1.165, 1.54) is 0 Å². The highest BCUT2D eigenvalue weighted by Gasteiger charge is 2.58. The fourth-order valence-corrected chi connectivity index (χ4v) is 13.3. The molecule has 3 aromatic rings. The minimum absolute atomic E-state index is 0.0388. The summed E-state index contributed by atoms with van der Waals surface area (Å²) in [6.07, 6.45) is -11.2. The Balaban J connectivity index is 1.19. The quantitative estimate of drug-likeness (QED) is 0.0205. The van der Waals surface area contributed by atoms with E-state index in [1.807, 2.05) is 108 Å². The fraction of sp³-hybridized carbons (Fsp3) is 0.725. The third-order valence-corrected chi connectivity index (χ3v) is 18.5. The summed E-state index contributed by atoms with van der Waals surface area (Å²) in [6.45, 7) is 13.3. The van der Waals surface area contributed by atoms with Crippen molar-refractivity contribution in [3.63, 3.8) is 0 Å². The van der Waals surface area contributed by atoms with Crippen LogP contribution in [-0.2, 0) is 68.0 Å². The summed E-state index contributed by atoms with van der Waals surface area (Å²) < 4.78 is 88.4. The van der Waals surface area contributed by atoms with Crippen LogP contribution < -0.4 is 11.1 Å². The Morgan fingerprint density at radius 3 is 1.58 bits per heavy atom. The number of aliphatic hydroxyl groups is 1. The third kappa shape index (κ3) is 20.6. The van der Waals surface area contributed by atoms with Crippen molar-refractivity contribution in [2.24, 2.45) is 26.2 Å². The maximum absolute atomic E-state index is 14.1. The van der Waals surface area contributed by atoms with Crippen molar-refractivity contribution in [2.45, 2.75) is 260 Å². The number of benzene rings is 3. The lowest BCUT2D eigenvalue weighted by Gasteiger charge is -2.49. The monoisotopic (exact) mass is 1370 g/mol. The molecule has 20 unspecified atom stereocenters. The molecular formula is C69H102N14O15. The lowest BCUT2D eigenvalue weighted by Crippen LogP contribution is -2.65. The summed E-state index contributed by atoms with van der Waals surface area (Å²) >= 11 is 0. The number of nitrogens with one attached hydrogen (secondary N) is 1. The fourth-order valence-electron chi connectivity index (χ4n) is 13.3. The number of unbranched alkanes of at least 4 members (excludes halogenated alkanes) is 6. The van der Waals surface area contributed by atoms with Gasteiger partial charge in [-0.15, -0.1) is 0 Å². The Hall–Kier alpha value is -6.39. The Morgan fingerprint density at radius 1 is 0.541 bits per heavy atom. The Kier molecular flexibility index (Phi) is 32.7. The molecule has 8 rings (SSSR count). The van der Waals surface area contributed by atoms with Crippen molar-refractivity contribution in [2.75, 3.05) is 59.3 Å². The van der Waals surface area contributed by atoms with Gasteiger partial charge in [-0.05, 0) is 94.9 Å². The Labute approximate surface area is 574 Å². The van der Waals surface area contributed by atoms with Gasteiger partial charge in [-0.1, -0.05) is 179 Å². The summed E-state index contributed by atoms with van der Waals surface area (Å²) in [5, 5.41) is 32.3. The number of alkyl carbamates (subject to hydrolysis) is 1. The molecule has 0 radical (unpaired) electrons. The molecule has 29 heteroatoms. The van der Waals surface area contributed by atoms with Crippen LogP contribution >= 0.6 is 0 Å². The molecule has 538 valence electrons. The maximum Gasteiger partial charge on any atom is 0.407 e. The van der Waals surface area contributed by atoms with Crippen molar-refractivity contribution < 1.29 is 71.5 Å². The van der Waals surface area contributed by atoms with Crippen LogP contribution in [0.25, 0.3) is 52.9 Å². The van der Waals surface area contributed by atoms with Crippen LogP contribution in [0.5, 0.6) is 0 Å². The van der Waals surface area contributed by atoms with Gasteiger partial charge in [-0.25, -0.2) is 4.79 Å². The molecule has 4 fully saturated rings. The molecule has 0 spiro atoms. The predicted octanol–water partition coefficient (Wildman–Crippen LogP) is 12.6. The molecule has 0 bridgehead atoms. The summed E-state index contributed by atoms with van der Waals surface area (Å²) in [6, 6.07) is 20.8. The molecule has 1 saturated carbocycles. The molecular weight excluding hydrogens is 1260 g/mol. The highest BCUT2D eigenvalue weighted by Crippen LogP contribution is 2.45. The summed E-state index contributed by atoms with van der Waals surface area (Å²) in [4.78, 5) is 27.0. The predicted molar refractivity (Wildman–Crippen MR) is 363 cm³/mol. The second-order valence-corrected chi connectivity index (χ2v) is 25.4. The first-order valence-electron chi connectivity index (χ1n) is 35.3. The molecule has 3 saturated heterocycles. The number of carbonyl (C=O) groups excluding carboxylic acids is 1. The van der Waals surface area contributed by atoms with Gasteiger partial charge in [0.25, 0.3) is 0 Å². The number of nitrogens with zero attached hydrogens (tertiary/aromatic N) is 12. The first-order chi connectivity index (χ1) is 48.0. The number of hydrogen-bond donors (Lipinski definition) is 3. The lowest BCUT2D eigenvalue weighted by atomic mass is 9.83. The highest BCUT2D eigenvalue weighted by molar-refractivity contribution is 5.79. The standard InChI is InChI=1S/C69H102N14O15/c1-7-13-32-86-56-49(77-81-72)39-50(78-82-73)57(95-67-55(79-83-74)62(90-36-17-11-5)60(88-34-15-9-3)52(94-67)40-75-69(85)92-42-48-46-30-24-22-28-44(46)45-29-23-25-31-47(45)48)63(56)98-68-65(91-37-18-12-6)64(58(96-68)51(84)38-43-26-20-19-21-27-43)97-66-54(70)61(89-35-16-10-4)59(87-33-14-8-2)53(93-66)41-76-80-71/h19-31,48-68,84H,7-18,32-42,70H2,1-6H3,(H,75,85). The molecule has 5 aliphatic rings. The number of amides is 1. The van der Waals surface area contributed by atoms with Gasteiger partial charge in [0.2, 0.25) is 0 Å². The van der Waals surface area contributed by atoms with Gasteiger partial charge in [0, 0.05) is 78.2 Å². The number of carbonyl (C=O) groups is 1. The van der Waals surface area contributed by atoms with Crippen molar-refractivity contribution in [3.8, 4) is 11.1 Å². The second kappa shape index (κ2) is 41.4. The van der Waals surface area contributed by atoms with Gasteiger partial charge in [-0.3, -0.25) is 0 Å². The molecule has 2 aliphatic carbocycles.